The summed E-state index contributed by atoms with van der Waals surface area (Å²) in [5, 5.41) is 13.7. The van der Waals surface area contributed by atoms with Gasteiger partial charge in [-0.1, -0.05) is 0 Å². The van der Waals surface area contributed by atoms with E-state index in [1.807, 2.05) is 0 Å². The first kappa shape index (κ1) is 12.5. The van der Waals surface area contributed by atoms with Crippen molar-refractivity contribution in [2.45, 2.75) is 49.6 Å². The quantitative estimate of drug-likeness (QED) is 0.460. The zero-order valence-electron chi connectivity index (χ0n) is 10.8. The number of fused-ring (bicyclic) bond motifs is 1. The summed E-state index contributed by atoms with van der Waals surface area (Å²) in [6.07, 6.45) is 6.99. The van der Waals surface area contributed by atoms with Crippen LogP contribution in [0.4, 0.5) is 0 Å². The molecule has 2 N–H and O–H groups in total. The normalized spacial score (nSPS) is 40.3. The van der Waals surface area contributed by atoms with Gasteiger partial charge in [0.2, 0.25) is 0 Å². The fourth-order valence-electron chi connectivity index (χ4n) is 3.26. The zero-order valence-corrected chi connectivity index (χ0v) is 12.5. The molecule has 3 nitrogen and oxygen atoms in total. The van der Waals surface area contributed by atoms with Crippen LogP contribution in [-0.2, 0) is 4.79 Å². The Labute approximate surface area is 114 Å². The fraction of sp³-hybridized carbons (Fsp3) is 0.643. The molecule has 3 rings (SSSR count). The molecule has 0 aromatic heterocycles. The van der Waals surface area contributed by atoms with Crippen LogP contribution in [0.1, 0.15) is 33.1 Å². The van der Waals surface area contributed by atoms with E-state index >= 15 is 0 Å². The zero-order chi connectivity index (χ0) is 12.9. The molecule has 0 aromatic carbocycles. The number of β-lactam (4-membered cyclic amide) rings is 1. The molecule has 0 aromatic rings. The number of aliphatic hydroxyl groups is 1. The van der Waals surface area contributed by atoms with Gasteiger partial charge in [0.05, 0.1) is 0 Å². The summed E-state index contributed by atoms with van der Waals surface area (Å²) in [6, 6.07) is 0.0929. The molecule has 18 heavy (non-hydrogen) atoms. The monoisotopic (exact) mass is 313 g/mol. The van der Waals surface area contributed by atoms with Crippen molar-refractivity contribution < 1.29 is 9.90 Å². The van der Waals surface area contributed by atoms with Crippen molar-refractivity contribution in [1.29, 1.82) is 0 Å². The molecular weight excluding hydrogens is 293 g/mol. The minimum absolute atomic E-state index is 0.0650. The first-order valence-corrected chi connectivity index (χ1v) is 8.30. The molecule has 1 aliphatic carbocycles. The van der Waals surface area contributed by atoms with Crippen molar-refractivity contribution in [3.05, 3.63) is 22.2 Å². The van der Waals surface area contributed by atoms with Crippen LogP contribution in [0.15, 0.2) is 22.2 Å². The second-order valence-electron chi connectivity index (χ2n) is 5.51. The van der Waals surface area contributed by atoms with Gasteiger partial charge < -0.3 is 0 Å². The Bertz CT molecular complexity index is 457. The van der Waals surface area contributed by atoms with Crippen molar-refractivity contribution in [3.8, 4) is 0 Å². The maximum atomic E-state index is 12.1. The molecule has 1 saturated heterocycles. The van der Waals surface area contributed by atoms with Crippen LogP contribution in [0.25, 0.3) is 0 Å². The van der Waals surface area contributed by atoms with E-state index in [4.69, 9.17) is 0 Å². The third-order valence-corrected chi connectivity index (χ3v) is 7.92. The predicted octanol–water partition coefficient (Wildman–Crippen LogP) is 1.37. The van der Waals surface area contributed by atoms with E-state index in [-0.39, 0.29) is 32.8 Å². The van der Waals surface area contributed by atoms with Crippen LogP contribution >= 0.6 is 0 Å². The van der Waals surface area contributed by atoms with Gasteiger partial charge in [0.15, 0.2) is 0 Å². The van der Waals surface area contributed by atoms with Crippen molar-refractivity contribution in [2.75, 3.05) is 0 Å². The van der Waals surface area contributed by atoms with E-state index in [0.717, 1.165) is 19.3 Å². The molecule has 0 saturated carbocycles. The molecule has 0 bridgehead atoms. The van der Waals surface area contributed by atoms with Gasteiger partial charge in [-0.25, -0.2) is 0 Å². The standard InChI is InChI=1S/C14H19NO2Se/c1-8-9(2)18-14(11(8)15-13(14)17)12(16)10-6-4-3-5-7-10/h4,6,10-12,16H,3,5,7H2,1-2H3,(H,15,17)/t10-,11-,12-,14-/m0/s1. The van der Waals surface area contributed by atoms with Crippen LogP contribution < -0.4 is 5.32 Å². The molecule has 3 aliphatic rings. The van der Waals surface area contributed by atoms with Gasteiger partial charge in [-0.2, -0.15) is 0 Å². The van der Waals surface area contributed by atoms with Gasteiger partial charge >= 0.3 is 114 Å². The van der Waals surface area contributed by atoms with E-state index in [1.165, 1.54) is 10.0 Å². The average Bonchev–Trinajstić information content (AvgIpc) is 2.60. The summed E-state index contributed by atoms with van der Waals surface area (Å²) in [7, 11) is 0. The van der Waals surface area contributed by atoms with Gasteiger partial charge in [-0.3, -0.25) is 0 Å². The molecule has 98 valence electrons. The Morgan fingerprint density at radius 3 is 2.89 bits per heavy atom. The molecule has 1 amide bonds. The minimum atomic E-state index is -0.514. The second kappa shape index (κ2) is 4.22. The van der Waals surface area contributed by atoms with Crippen LogP contribution in [-0.4, -0.2) is 38.1 Å². The van der Waals surface area contributed by atoms with Crippen molar-refractivity contribution in [2.24, 2.45) is 5.92 Å². The number of hydrogen-bond donors (Lipinski definition) is 2. The van der Waals surface area contributed by atoms with Crippen molar-refractivity contribution in [3.63, 3.8) is 0 Å². The van der Waals surface area contributed by atoms with Crippen molar-refractivity contribution >= 4 is 20.9 Å². The topological polar surface area (TPSA) is 49.3 Å². The third-order valence-electron chi connectivity index (χ3n) is 4.51. The first-order valence-electron chi connectivity index (χ1n) is 6.59. The molecular formula is C14H19NO2Se. The van der Waals surface area contributed by atoms with Gasteiger partial charge in [0.25, 0.3) is 0 Å². The average molecular weight is 312 g/mol. The molecule has 0 radical (unpaired) electrons. The number of hydrogen-bond acceptors (Lipinski definition) is 2. The summed E-state index contributed by atoms with van der Waals surface area (Å²) >= 11 is 0.0921. The Morgan fingerprint density at radius 1 is 1.56 bits per heavy atom. The van der Waals surface area contributed by atoms with Crippen LogP contribution in [0.2, 0.25) is 4.31 Å². The number of carbonyl (C=O) groups excluding carboxylic acids is 1. The SMILES string of the molecule is CC1=C(C)[C@@H]2NC(=O)[C@]2([C@@H](O)[C@H]2C=CCCC2)[Se]1. The van der Waals surface area contributed by atoms with Crippen LogP contribution in [0, 0.1) is 5.92 Å². The molecule has 0 spiro atoms. The second-order valence-corrected chi connectivity index (χ2v) is 8.64. The van der Waals surface area contributed by atoms with Crippen LogP contribution in [0.3, 0.4) is 0 Å². The van der Waals surface area contributed by atoms with E-state index in [1.54, 1.807) is 0 Å². The Morgan fingerprint density at radius 2 is 2.33 bits per heavy atom. The number of amides is 1. The first-order chi connectivity index (χ1) is 8.57. The maximum absolute atomic E-state index is 12.1. The summed E-state index contributed by atoms with van der Waals surface area (Å²) < 4.78 is 0.817. The number of rotatable bonds is 2. The fourth-order valence-corrected chi connectivity index (χ4v) is 6.59. The third kappa shape index (κ3) is 1.49. The summed E-state index contributed by atoms with van der Waals surface area (Å²) in [4.78, 5) is 12.1. The predicted molar refractivity (Wildman–Crippen MR) is 71.2 cm³/mol. The van der Waals surface area contributed by atoms with Crippen LogP contribution in [0.5, 0.6) is 0 Å². The molecule has 4 heteroatoms. The number of carbonyl (C=O) groups is 1. The van der Waals surface area contributed by atoms with Gasteiger partial charge in [0, 0.05) is 0 Å². The van der Waals surface area contributed by atoms with Gasteiger partial charge in [-0.15, -0.1) is 0 Å². The van der Waals surface area contributed by atoms with Gasteiger partial charge in [-0.05, 0) is 0 Å². The number of nitrogens with one attached hydrogen (secondary N) is 1. The summed E-state index contributed by atoms with van der Waals surface area (Å²) in [5.41, 5.74) is 1.27. The van der Waals surface area contributed by atoms with E-state index in [2.05, 4.69) is 31.3 Å². The Hall–Kier alpha value is -0.571. The summed E-state index contributed by atoms with van der Waals surface area (Å²) in [5.74, 6) is 0.225. The number of aliphatic hydroxyl groups excluding tert-OH is 1. The van der Waals surface area contributed by atoms with E-state index in [9.17, 15) is 9.90 Å². The molecule has 2 aliphatic heterocycles. The molecule has 0 unspecified atom stereocenters. The Balaban J connectivity index is 1.88. The molecule has 2 heterocycles. The molecule has 4 atom stereocenters. The number of allylic oxidation sites excluding steroid dienone is 2. The Kier molecular flexibility index (Phi) is 2.92. The molecule has 1 fully saturated rings. The van der Waals surface area contributed by atoms with E-state index < -0.39 is 10.4 Å². The van der Waals surface area contributed by atoms with E-state index in [0.29, 0.717) is 0 Å². The summed E-state index contributed by atoms with van der Waals surface area (Å²) in [6.45, 7) is 4.19. The van der Waals surface area contributed by atoms with Crippen molar-refractivity contribution in [1.82, 2.24) is 5.32 Å². The van der Waals surface area contributed by atoms with Gasteiger partial charge in [0.1, 0.15) is 0 Å².